The van der Waals surface area contributed by atoms with E-state index < -0.39 is 113 Å². The fraction of sp³-hybridized carbons (Fsp3) is 0.581. The Labute approximate surface area is 342 Å². The number of aliphatic hydroxyl groups is 3. The van der Waals surface area contributed by atoms with Crippen LogP contribution in [0.4, 0.5) is 0 Å². The number of benzene rings is 1. The molecule has 1 amide bonds. The number of aliphatic imine (C=N–C) groups is 1. The molecule has 1 saturated carbocycles. The number of ketones is 3. The van der Waals surface area contributed by atoms with Crippen molar-refractivity contribution in [3.05, 3.63) is 58.0 Å². The number of ether oxygens (including phenoxy) is 5. The highest BCUT2D eigenvalue weighted by atomic mass is 16.7. The zero-order chi connectivity index (χ0) is 43.4. The molecule has 16 nitrogen and oxygen atoms in total. The van der Waals surface area contributed by atoms with E-state index in [2.05, 4.69) is 5.32 Å². The van der Waals surface area contributed by atoms with Gasteiger partial charge in [0, 0.05) is 67.7 Å². The first-order chi connectivity index (χ1) is 27.7. The number of rotatable bonds is 3. The summed E-state index contributed by atoms with van der Waals surface area (Å²) >= 11 is 0. The molecule has 1 saturated heterocycles. The third kappa shape index (κ3) is 8.25. The van der Waals surface area contributed by atoms with Crippen LogP contribution in [0.2, 0.25) is 0 Å². The SMILES string of the molecule is CO[C@@H]1C=CO[C@@]2(C)Oc3c(C)c(O)c4c(c3C2=O)C(=N[C@@H]2CC[C@H](O)O[C@@H]2C)C=C(NC(=O)C(C)=CC(=O)[C@@H]2C[C@@H]2[C@H](O)[C@H](C)[C@H](O)[C@H](C)[C@H](OC(C)=O)[C@@H]1C)C4=O. The first kappa shape index (κ1) is 43.8. The largest absolute Gasteiger partial charge is 0.507 e. The highest BCUT2D eigenvalue weighted by molar-refractivity contribution is 6.32. The van der Waals surface area contributed by atoms with Gasteiger partial charge >= 0.3 is 11.8 Å². The molecule has 0 aromatic heterocycles. The van der Waals surface area contributed by atoms with Gasteiger partial charge < -0.3 is 49.4 Å². The van der Waals surface area contributed by atoms with Gasteiger partial charge in [-0.25, -0.2) is 0 Å². The molecule has 1 aromatic carbocycles. The van der Waals surface area contributed by atoms with E-state index >= 15 is 0 Å². The summed E-state index contributed by atoms with van der Waals surface area (Å²) in [5.74, 6) is -9.25. The summed E-state index contributed by atoms with van der Waals surface area (Å²) in [4.78, 5) is 73.1. The number of nitrogens with zero attached hydrogens (tertiary/aromatic N) is 1. The van der Waals surface area contributed by atoms with Crippen LogP contribution in [0.5, 0.6) is 11.5 Å². The summed E-state index contributed by atoms with van der Waals surface area (Å²) in [5.41, 5.74) is -0.683. The molecule has 320 valence electrons. The van der Waals surface area contributed by atoms with Crippen LogP contribution in [-0.2, 0) is 33.3 Å². The van der Waals surface area contributed by atoms with Crippen molar-refractivity contribution in [1.29, 1.82) is 0 Å². The molecule has 5 bridgehead atoms. The molecule has 13 atom stereocenters. The van der Waals surface area contributed by atoms with E-state index in [0.717, 1.165) is 6.08 Å². The Kier molecular flexibility index (Phi) is 12.4. The van der Waals surface area contributed by atoms with Crippen molar-refractivity contribution < 1.29 is 68.1 Å². The molecule has 6 aliphatic rings. The van der Waals surface area contributed by atoms with Gasteiger partial charge in [0.1, 0.15) is 17.6 Å². The number of esters is 1. The lowest BCUT2D eigenvalue weighted by Gasteiger charge is -2.37. The molecular weight excluding hydrogens is 768 g/mol. The van der Waals surface area contributed by atoms with Gasteiger partial charge in [0.05, 0.1) is 59.3 Å². The Morgan fingerprint density at radius 1 is 0.949 bits per heavy atom. The van der Waals surface area contributed by atoms with E-state index in [1.165, 1.54) is 53.2 Å². The van der Waals surface area contributed by atoms with Gasteiger partial charge in [-0.1, -0.05) is 20.8 Å². The quantitative estimate of drug-likeness (QED) is 0.276. The van der Waals surface area contributed by atoms with Crippen LogP contribution < -0.4 is 10.1 Å². The van der Waals surface area contributed by atoms with E-state index in [-0.39, 0.29) is 51.4 Å². The smallest absolute Gasteiger partial charge is 0.312 e. The lowest BCUT2D eigenvalue weighted by molar-refractivity contribution is -0.162. The summed E-state index contributed by atoms with van der Waals surface area (Å²) in [7, 11) is 1.42. The summed E-state index contributed by atoms with van der Waals surface area (Å²) in [6, 6.07) is -0.576. The Morgan fingerprint density at radius 2 is 1.64 bits per heavy atom. The molecule has 0 radical (unpaired) electrons. The number of allylic oxidation sites excluding steroid dienone is 3. The highest BCUT2D eigenvalue weighted by Crippen LogP contribution is 2.49. The number of aliphatic hydroxyl groups excluding tert-OH is 3. The number of nitrogens with one attached hydrogen (secondary N) is 1. The monoisotopic (exact) mass is 822 g/mol. The zero-order valence-electron chi connectivity index (χ0n) is 34.7. The Balaban J connectivity index is 1.48. The number of aromatic hydroxyl groups is 1. The van der Waals surface area contributed by atoms with Crippen LogP contribution in [0.15, 0.2) is 40.8 Å². The maximum atomic E-state index is 14.5. The number of carbonyl (C=O) groups excluding carboxylic acids is 5. The van der Waals surface area contributed by atoms with Gasteiger partial charge in [0.15, 0.2) is 12.1 Å². The first-order valence-corrected chi connectivity index (χ1v) is 20.0. The summed E-state index contributed by atoms with van der Waals surface area (Å²) in [6.45, 7) is 12.2. The van der Waals surface area contributed by atoms with Gasteiger partial charge in [-0.15, -0.1) is 0 Å². The predicted molar refractivity (Wildman–Crippen MR) is 209 cm³/mol. The van der Waals surface area contributed by atoms with Gasteiger partial charge in [-0.05, 0) is 57.8 Å². The number of Topliss-reactive ketones (excluding diaryl/α,β-unsaturated/α-hetero) is 2. The number of methoxy groups -OCH3 is 1. The number of amides is 1. The van der Waals surface area contributed by atoms with E-state index in [1.807, 2.05) is 0 Å². The Bertz CT molecular complexity index is 2050. The van der Waals surface area contributed by atoms with Gasteiger partial charge in [0.2, 0.25) is 5.78 Å². The fourth-order valence-corrected chi connectivity index (χ4v) is 8.69. The normalized spacial score (nSPS) is 37.2. The molecular formula is C43H54N2O14. The average molecular weight is 823 g/mol. The second-order valence-electron chi connectivity index (χ2n) is 16.6. The average Bonchev–Trinajstić information content (AvgIpc) is 3.94. The lowest BCUT2D eigenvalue weighted by Crippen LogP contribution is -2.46. The van der Waals surface area contributed by atoms with Crippen LogP contribution >= 0.6 is 0 Å². The minimum atomic E-state index is -2.03. The molecule has 0 unspecified atom stereocenters. The molecule has 59 heavy (non-hydrogen) atoms. The van der Waals surface area contributed by atoms with Crippen LogP contribution in [-0.4, -0.2) is 111 Å². The van der Waals surface area contributed by atoms with Gasteiger partial charge in [-0.2, -0.15) is 0 Å². The number of hydrogen-bond donors (Lipinski definition) is 5. The summed E-state index contributed by atoms with van der Waals surface area (Å²) in [5, 5.41) is 47.2. The van der Waals surface area contributed by atoms with Crippen LogP contribution in [0.1, 0.15) is 99.6 Å². The summed E-state index contributed by atoms with van der Waals surface area (Å²) < 4.78 is 29.3. The topological polar surface area (TPSA) is 237 Å². The molecule has 2 aliphatic carbocycles. The molecule has 2 fully saturated rings. The molecule has 0 spiro atoms. The van der Waals surface area contributed by atoms with Crippen molar-refractivity contribution >= 4 is 34.9 Å². The Hall–Kier alpha value is -4.74. The number of fused-ring (bicyclic) bond motifs is 12. The zero-order valence-corrected chi connectivity index (χ0v) is 34.7. The first-order valence-electron chi connectivity index (χ1n) is 20.0. The van der Waals surface area contributed by atoms with Crippen LogP contribution in [0.25, 0.3) is 0 Å². The molecule has 7 rings (SSSR count). The number of phenolic OH excluding ortho intramolecular Hbond substituents is 1. The van der Waals surface area contributed by atoms with E-state index in [4.69, 9.17) is 28.7 Å². The van der Waals surface area contributed by atoms with Crippen molar-refractivity contribution in [2.45, 2.75) is 123 Å². The van der Waals surface area contributed by atoms with Crippen LogP contribution in [0, 0.1) is 36.5 Å². The fourth-order valence-electron chi connectivity index (χ4n) is 8.69. The number of phenols is 1. The third-order valence-corrected chi connectivity index (χ3v) is 12.4. The second kappa shape index (κ2) is 16.7. The van der Waals surface area contributed by atoms with Crippen molar-refractivity contribution in [1.82, 2.24) is 5.32 Å². The summed E-state index contributed by atoms with van der Waals surface area (Å²) in [6.07, 6.45) is 0.385. The number of hydrogen-bond acceptors (Lipinski definition) is 15. The minimum Gasteiger partial charge on any atom is -0.507 e. The lowest BCUT2D eigenvalue weighted by atomic mass is 9.79. The van der Waals surface area contributed by atoms with E-state index in [1.54, 1.807) is 27.7 Å². The molecule has 4 aliphatic heterocycles. The molecule has 16 heteroatoms. The standard InChI is InChI=1S/C43H54N2O14/c1-17-14-29(47)24-15-25(24)36(50)19(3)35(49)20(4)39(58-23(7)46)18(2)30(55-9)12-13-56-43(8)41(53)34-32-27(44-26-10-11-31(48)57-22(26)6)16-28(45-42(17)54)38(52)33(32)37(51)21(5)40(34)59-43/h12-14,16,18-20,22,24-26,30-31,35-36,39,48-51H,10-11,15H2,1-9H3,(H,45,54)/t18-,19-,20+,22-,24-,25+,26-,30-,31-,35+,36-,39-,43+/m1/s1. The van der Waals surface area contributed by atoms with Crippen molar-refractivity contribution in [2.75, 3.05) is 7.11 Å². The molecule has 5 N–H and O–H groups in total. The van der Waals surface area contributed by atoms with Crippen molar-refractivity contribution in [3.63, 3.8) is 0 Å². The minimum absolute atomic E-state index is 0.0441. The predicted octanol–water partition coefficient (Wildman–Crippen LogP) is 3.14. The molecule has 1 aromatic rings. The molecule has 4 heterocycles. The third-order valence-electron chi connectivity index (χ3n) is 12.4. The van der Waals surface area contributed by atoms with Crippen LogP contribution in [0.3, 0.4) is 0 Å². The number of carbonyl (C=O) groups is 5. The van der Waals surface area contributed by atoms with E-state index in [0.29, 0.717) is 12.8 Å². The van der Waals surface area contributed by atoms with Gasteiger partial charge in [0.25, 0.3) is 11.7 Å². The van der Waals surface area contributed by atoms with E-state index in [9.17, 15) is 44.4 Å². The van der Waals surface area contributed by atoms with Crippen molar-refractivity contribution in [2.24, 2.45) is 34.6 Å². The maximum Gasteiger partial charge on any atom is 0.312 e. The Morgan fingerprint density at radius 3 is 2.29 bits per heavy atom. The highest BCUT2D eigenvalue weighted by Gasteiger charge is 2.52. The van der Waals surface area contributed by atoms with Gasteiger partial charge in [-0.3, -0.25) is 29.0 Å². The maximum absolute atomic E-state index is 14.5. The van der Waals surface area contributed by atoms with Crippen molar-refractivity contribution in [3.8, 4) is 11.5 Å². The second-order valence-corrected chi connectivity index (χ2v) is 16.6.